The van der Waals surface area contributed by atoms with Gasteiger partial charge in [0.1, 0.15) is 5.69 Å². The van der Waals surface area contributed by atoms with Crippen LogP contribution in [0.4, 0.5) is 5.69 Å². The standard InChI is InChI=1S/C13H14N6O2/c20-5-4-19-8-12(16-18-19)7-14-11-3-1-2-10(6-11)13-17-15-9-21-13/h1-3,6,8-9,14,20H,4-5,7H2. The molecule has 0 amide bonds. The molecule has 3 aromatic rings. The van der Waals surface area contributed by atoms with Gasteiger partial charge in [-0.25, -0.2) is 4.68 Å². The van der Waals surface area contributed by atoms with E-state index in [9.17, 15) is 0 Å². The fourth-order valence-electron chi connectivity index (χ4n) is 1.88. The second-order valence-corrected chi connectivity index (χ2v) is 4.37. The molecule has 0 fully saturated rings. The first-order valence-corrected chi connectivity index (χ1v) is 6.45. The van der Waals surface area contributed by atoms with Gasteiger partial charge >= 0.3 is 0 Å². The molecule has 2 aromatic heterocycles. The van der Waals surface area contributed by atoms with Crippen molar-refractivity contribution >= 4 is 5.69 Å². The molecule has 0 bridgehead atoms. The Labute approximate surface area is 120 Å². The Bertz CT molecular complexity index is 694. The smallest absolute Gasteiger partial charge is 0.247 e. The molecule has 0 atom stereocenters. The Kier molecular flexibility index (Phi) is 3.88. The maximum Gasteiger partial charge on any atom is 0.247 e. The molecule has 108 valence electrons. The number of aromatic nitrogens is 5. The quantitative estimate of drug-likeness (QED) is 0.695. The fraction of sp³-hybridized carbons (Fsp3) is 0.231. The van der Waals surface area contributed by atoms with E-state index in [0.717, 1.165) is 16.9 Å². The van der Waals surface area contributed by atoms with Crippen LogP contribution in [0.25, 0.3) is 11.5 Å². The number of benzene rings is 1. The van der Waals surface area contributed by atoms with Gasteiger partial charge in [-0.2, -0.15) is 0 Å². The van der Waals surface area contributed by atoms with Gasteiger partial charge in [-0.05, 0) is 18.2 Å². The molecule has 0 aliphatic carbocycles. The van der Waals surface area contributed by atoms with Gasteiger partial charge in [0.15, 0.2) is 0 Å². The van der Waals surface area contributed by atoms with E-state index in [1.807, 2.05) is 24.3 Å². The van der Waals surface area contributed by atoms with Crippen molar-refractivity contribution in [2.75, 3.05) is 11.9 Å². The lowest BCUT2D eigenvalue weighted by molar-refractivity contribution is 0.268. The lowest BCUT2D eigenvalue weighted by Crippen LogP contribution is -2.02. The minimum Gasteiger partial charge on any atom is -0.423 e. The van der Waals surface area contributed by atoms with Crippen molar-refractivity contribution in [2.45, 2.75) is 13.1 Å². The topological polar surface area (TPSA) is 102 Å². The zero-order chi connectivity index (χ0) is 14.5. The highest BCUT2D eigenvalue weighted by Gasteiger charge is 2.05. The third kappa shape index (κ3) is 3.23. The number of aliphatic hydroxyl groups excluding tert-OH is 1. The first-order chi connectivity index (χ1) is 10.3. The summed E-state index contributed by atoms with van der Waals surface area (Å²) in [4.78, 5) is 0. The molecule has 0 aliphatic rings. The molecule has 0 saturated carbocycles. The number of hydrogen-bond donors (Lipinski definition) is 2. The molecule has 21 heavy (non-hydrogen) atoms. The Hall–Kier alpha value is -2.74. The van der Waals surface area contributed by atoms with Crippen LogP contribution in [-0.4, -0.2) is 36.9 Å². The molecule has 0 aliphatic heterocycles. The molecule has 0 spiro atoms. The van der Waals surface area contributed by atoms with E-state index in [4.69, 9.17) is 9.52 Å². The van der Waals surface area contributed by atoms with Gasteiger partial charge in [-0.15, -0.1) is 15.3 Å². The van der Waals surface area contributed by atoms with E-state index in [2.05, 4.69) is 25.8 Å². The minimum atomic E-state index is 0.0441. The van der Waals surface area contributed by atoms with Crippen molar-refractivity contribution in [3.05, 3.63) is 42.5 Å². The van der Waals surface area contributed by atoms with Crippen LogP contribution in [0, 0.1) is 0 Å². The molecular formula is C13H14N6O2. The zero-order valence-electron chi connectivity index (χ0n) is 11.2. The van der Waals surface area contributed by atoms with Gasteiger partial charge in [0.25, 0.3) is 0 Å². The number of anilines is 1. The van der Waals surface area contributed by atoms with Crippen molar-refractivity contribution in [1.29, 1.82) is 0 Å². The summed E-state index contributed by atoms with van der Waals surface area (Å²) in [5, 5.41) is 27.6. The summed E-state index contributed by atoms with van der Waals surface area (Å²) >= 11 is 0. The van der Waals surface area contributed by atoms with Gasteiger partial charge in [0, 0.05) is 11.3 Å². The average molecular weight is 286 g/mol. The summed E-state index contributed by atoms with van der Waals surface area (Å²) in [6.07, 6.45) is 3.10. The third-order valence-electron chi connectivity index (χ3n) is 2.86. The summed E-state index contributed by atoms with van der Waals surface area (Å²) in [7, 11) is 0. The molecular weight excluding hydrogens is 272 g/mol. The SMILES string of the molecule is OCCn1cc(CNc2cccc(-c3nnco3)c2)nn1. The highest BCUT2D eigenvalue weighted by molar-refractivity contribution is 5.60. The summed E-state index contributed by atoms with van der Waals surface area (Å²) < 4.78 is 6.77. The average Bonchev–Trinajstić information content (AvgIpc) is 3.18. The molecule has 8 heteroatoms. The van der Waals surface area contributed by atoms with Crippen LogP contribution in [0.5, 0.6) is 0 Å². The lowest BCUT2D eigenvalue weighted by atomic mass is 10.2. The predicted octanol–water partition coefficient (Wildman–Crippen LogP) is 0.932. The maximum absolute atomic E-state index is 8.83. The molecule has 2 N–H and O–H groups in total. The van der Waals surface area contributed by atoms with Crippen molar-refractivity contribution in [3.63, 3.8) is 0 Å². The van der Waals surface area contributed by atoms with Gasteiger partial charge in [-0.3, -0.25) is 0 Å². The van der Waals surface area contributed by atoms with Crippen LogP contribution in [0.2, 0.25) is 0 Å². The Morgan fingerprint density at radius 1 is 1.29 bits per heavy atom. The van der Waals surface area contributed by atoms with Crippen molar-refractivity contribution < 1.29 is 9.52 Å². The molecule has 0 unspecified atom stereocenters. The van der Waals surface area contributed by atoms with Gasteiger partial charge in [-0.1, -0.05) is 11.3 Å². The molecule has 8 nitrogen and oxygen atoms in total. The molecule has 2 heterocycles. The van der Waals surface area contributed by atoms with Gasteiger partial charge in [0.05, 0.1) is 25.9 Å². The number of rotatable bonds is 6. The number of nitrogens with zero attached hydrogens (tertiary/aromatic N) is 5. The van der Waals surface area contributed by atoms with Crippen LogP contribution >= 0.6 is 0 Å². The van der Waals surface area contributed by atoms with E-state index in [-0.39, 0.29) is 6.61 Å². The number of nitrogens with one attached hydrogen (secondary N) is 1. The van der Waals surface area contributed by atoms with Crippen LogP contribution in [0.15, 0.2) is 41.3 Å². The van der Waals surface area contributed by atoms with E-state index in [0.29, 0.717) is 19.0 Å². The van der Waals surface area contributed by atoms with Crippen LogP contribution in [-0.2, 0) is 13.1 Å². The maximum atomic E-state index is 8.83. The Morgan fingerprint density at radius 2 is 2.24 bits per heavy atom. The molecule has 0 radical (unpaired) electrons. The van der Waals surface area contributed by atoms with Crippen LogP contribution in [0.1, 0.15) is 5.69 Å². The van der Waals surface area contributed by atoms with Crippen molar-refractivity contribution in [3.8, 4) is 11.5 Å². The fourth-order valence-corrected chi connectivity index (χ4v) is 1.88. The second-order valence-electron chi connectivity index (χ2n) is 4.37. The third-order valence-corrected chi connectivity index (χ3v) is 2.86. The first-order valence-electron chi connectivity index (χ1n) is 6.45. The molecule has 0 saturated heterocycles. The van der Waals surface area contributed by atoms with Crippen molar-refractivity contribution in [1.82, 2.24) is 25.2 Å². The first kappa shape index (κ1) is 13.3. The largest absolute Gasteiger partial charge is 0.423 e. The minimum absolute atomic E-state index is 0.0441. The molecule has 3 rings (SSSR count). The number of hydrogen-bond acceptors (Lipinski definition) is 7. The Morgan fingerprint density at radius 3 is 3.05 bits per heavy atom. The molecule has 1 aromatic carbocycles. The summed E-state index contributed by atoms with van der Waals surface area (Å²) in [6, 6.07) is 7.67. The lowest BCUT2D eigenvalue weighted by Gasteiger charge is -2.05. The van der Waals surface area contributed by atoms with E-state index < -0.39 is 0 Å². The highest BCUT2D eigenvalue weighted by atomic mass is 16.4. The summed E-state index contributed by atoms with van der Waals surface area (Å²) in [5.41, 5.74) is 2.57. The summed E-state index contributed by atoms with van der Waals surface area (Å²) in [5.74, 6) is 0.479. The van der Waals surface area contributed by atoms with Crippen molar-refractivity contribution in [2.24, 2.45) is 0 Å². The zero-order valence-corrected chi connectivity index (χ0v) is 11.2. The normalized spacial score (nSPS) is 10.7. The van der Waals surface area contributed by atoms with E-state index in [1.165, 1.54) is 6.39 Å². The summed E-state index contributed by atoms with van der Waals surface area (Å²) in [6.45, 7) is 1.03. The van der Waals surface area contributed by atoms with E-state index >= 15 is 0 Å². The number of aliphatic hydroxyl groups is 1. The predicted molar refractivity (Wildman–Crippen MR) is 74.2 cm³/mol. The second kappa shape index (κ2) is 6.14. The van der Waals surface area contributed by atoms with E-state index in [1.54, 1.807) is 10.9 Å². The highest BCUT2D eigenvalue weighted by Crippen LogP contribution is 2.20. The Balaban J connectivity index is 1.66. The monoisotopic (exact) mass is 286 g/mol. The van der Waals surface area contributed by atoms with Gasteiger partial charge < -0.3 is 14.8 Å². The van der Waals surface area contributed by atoms with Crippen LogP contribution in [0.3, 0.4) is 0 Å². The van der Waals surface area contributed by atoms with Crippen LogP contribution < -0.4 is 5.32 Å². The van der Waals surface area contributed by atoms with Gasteiger partial charge in [0.2, 0.25) is 12.3 Å².